The molecule has 3 rings (SSSR count). The molecule has 0 spiro atoms. The molecule has 1 amide bonds. The summed E-state index contributed by atoms with van der Waals surface area (Å²) in [6.45, 7) is 5.51. The number of amides is 1. The van der Waals surface area contributed by atoms with Crippen LogP contribution in [-0.4, -0.2) is 26.3 Å². The summed E-state index contributed by atoms with van der Waals surface area (Å²) in [5.74, 6) is 0.182. The molecule has 3 aromatic rings. The van der Waals surface area contributed by atoms with E-state index in [1.54, 1.807) is 13.0 Å². The van der Waals surface area contributed by atoms with Gasteiger partial charge in [0, 0.05) is 6.07 Å². The number of para-hydroxylation sites is 2. The Bertz CT molecular complexity index is 862. The molecule has 0 aliphatic rings. The first-order chi connectivity index (χ1) is 11.0. The molecule has 7 heteroatoms. The van der Waals surface area contributed by atoms with Crippen LogP contribution in [0, 0.1) is 13.8 Å². The third kappa shape index (κ3) is 3.50. The SMILES string of the molecule is Cc1cc(NC(=O)[C@H](C)Sc2nc3ccccc3nc2C)on1. The molecule has 0 aliphatic heterocycles. The zero-order valence-corrected chi connectivity index (χ0v) is 13.8. The summed E-state index contributed by atoms with van der Waals surface area (Å²) < 4.78 is 5.00. The molecule has 0 fully saturated rings. The van der Waals surface area contributed by atoms with E-state index in [0.29, 0.717) is 5.88 Å². The molecule has 0 saturated heterocycles. The fourth-order valence-corrected chi connectivity index (χ4v) is 2.92. The number of fused-ring (bicyclic) bond motifs is 1. The van der Waals surface area contributed by atoms with E-state index in [-0.39, 0.29) is 11.2 Å². The second kappa shape index (κ2) is 6.37. The van der Waals surface area contributed by atoms with Crippen LogP contribution in [0.4, 0.5) is 5.88 Å². The molecule has 2 heterocycles. The molecule has 6 nitrogen and oxygen atoms in total. The van der Waals surface area contributed by atoms with Gasteiger partial charge in [0.05, 0.1) is 27.7 Å². The van der Waals surface area contributed by atoms with E-state index in [1.165, 1.54) is 11.8 Å². The molecule has 0 radical (unpaired) electrons. The Labute approximate surface area is 137 Å². The number of nitrogens with zero attached hydrogens (tertiary/aromatic N) is 3. The first-order valence-electron chi connectivity index (χ1n) is 7.17. The molecule has 0 saturated carbocycles. The smallest absolute Gasteiger partial charge is 0.240 e. The van der Waals surface area contributed by atoms with Gasteiger partial charge >= 0.3 is 0 Å². The minimum absolute atomic E-state index is 0.166. The van der Waals surface area contributed by atoms with Crippen LogP contribution in [0.3, 0.4) is 0 Å². The van der Waals surface area contributed by atoms with Crippen molar-refractivity contribution in [3.05, 3.63) is 41.7 Å². The number of nitrogens with one attached hydrogen (secondary N) is 1. The lowest BCUT2D eigenvalue weighted by atomic mass is 10.3. The number of carbonyl (C=O) groups excluding carboxylic acids is 1. The maximum atomic E-state index is 12.2. The van der Waals surface area contributed by atoms with Gasteiger partial charge in [0.2, 0.25) is 11.8 Å². The Balaban J connectivity index is 1.75. The van der Waals surface area contributed by atoms with Gasteiger partial charge in [0.15, 0.2) is 0 Å². The van der Waals surface area contributed by atoms with Gasteiger partial charge in [0.1, 0.15) is 5.03 Å². The number of benzene rings is 1. The number of anilines is 1. The average molecular weight is 328 g/mol. The molecule has 2 aromatic heterocycles. The number of hydrogen-bond acceptors (Lipinski definition) is 6. The summed E-state index contributed by atoms with van der Waals surface area (Å²) in [6.07, 6.45) is 0. The summed E-state index contributed by atoms with van der Waals surface area (Å²) in [4.78, 5) is 21.4. The van der Waals surface area contributed by atoms with E-state index < -0.39 is 0 Å². The first kappa shape index (κ1) is 15.5. The van der Waals surface area contributed by atoms with Crippen LogP contribution in [0.25, 0.3) is 11.0 Å². The number of carbonyl (C=O) groups is 1. The molecule has 23 heavy (non-hydrogen) atoms. The minimum Gasteiger partial charge on any atom is -0.338 e. The third-order valence-electron chi connectivity index (χ3n) is 3.23. The molecule has 118 valence electrons. The molecule has 1 aromatic carbocycles. The Morgan fingerprint density at radius 2 is 1.91 bits per heavy atom. The lowest BCUT2D eigenvalue weighted by Crippen LogP contribution is -2.22. The number of aryl methyl sites for hydroxylation is 2. The second-order valence-electron chi connectivity index (χ2n) is 5.18. The Morgan fingerprint density at radius 3 is 2.57 bits per heavy atom. The third-order valence-corrected chi connectivity index (χ3v) is 4.41. The summed E-state index contributed by atoms with van der Waals surface area (Å²) in [5, 5.41) is 6.86. The maximum Gasteiger partial charge on any atom is 0.240 e. The van der Waals surface area contributed by atoms with E-state index in [2.05, 4.69) is 20.4 Å². The van der Waals surface area contributed by atoms with Gasteiger partial charge in [-0.05, 0) is 32.9 Å². The van der Waals surface area contributed by atoms with Crippen LogP contribution < -0.4 is 5.32 Å². The van der Waals surface area contributed by atoms with Crippen molar-refractivity contribution in [2.24, 2.45) is 0 Å². The summed E-state index contributed by atoms with van der Waals surface area (Å²) in [7, 11) is 0. The quantitative estimate of drug-likeness (QED) is 0.740. The molecule has 0 bridgehead atoms. The van der Waals surface area contributed by atoms with Gasteiger partial charge in [-0.3, -0.25) is 10.1 Å². The number of hydrogen-bond donors (Lipinski definition) is 1. The van der Waals surface area contributed by atoms with Crippen molar-refractivity contribution in [3.8, 4) is 0 Å². The van der Waals surface area contributed by atoms with Gasteiger partial charge in [-0.25, -0.2) is 9.97 Å². The monoisotopic (exact) mass is 328 g/mol. The van der Waals surface area contributed by atoms with Gasteiger partial charge in [0.25, 0.3) is 0 Å². The van der Waals surface area contributed by atoms with Crippen LogP contribution in [0.5, 0.6) is 0 Å². The van der Waals surface area contributed by atoms with Crippen molar-refractivity contribution in [1.82, 2.24) is 15.1 Å². The number of thioether (sulfide) groups is 1. The highest BCUT2D eigenvalue weighted by molar-refractivity contribution is 8.00. The first-order valence-corrected chi connectivity index (χ1v) is 8.05. The Hall–Kier alpha value is -2.41. The molecular weight excluding hydrogens is 312 g/mol. The predicted molar refractivity (Wildman–Crippen MR) is 89.5 cm³/mol. The second-order valence-corrected chi connectivity index (χ2v) is 6.51. The van der Waals surface area contributed by atoms with Crippen LogP contribution in [0.1, 0.15) is 18.3 Å². The van der Waals surface area contributed by atoms with Crippen molar-refractivity contribution in [3.63, 3.8) is 0 Å². The van der Waals surface area contributed by atoms with Crippen LogP contribution in [-0.2, 0) is 4.79 Å². The molecule has 1 N–H and O–H groups in total. The van der Waals surface area contributed by atoms with Gasteiger partial charge in [-0.15, -0.1) is 0 Å². The van der Waals surface area contributed by atoms with Gasteiger partial charge in [-0.1, -0.05) is 29.1 Å². The predicted octanol–water partition coefficient (Wildman–Crippen LogP) is 3.35. The number of rotatable bonds is 4. The average Bonchev–Trinajstić information content (AvgIpc) is 2.93. The van der Waals surface area contributed by atoms with Crippen LogP contribution in [0.15, 0.2) is 39.9 Å². The summed E-state index contributed by atoms with van der Waals surface area (Å²) in [5.41, 5.74) is 3.20. The highest BCUT2D eigenvalue weighted by Crippen LogP contribution is 2.26. The summed E-state index contributed by atoms with van der Waals surface area (Å²) >= 11 is 1.37. The van der Waals surface area contributed by atoms with E-state index in [9.17, 15) is 4.79 Å². The molecule has 1 atom stereocenters. The Morgan fingerprint density at radius 1 is 1.22 bits per heavy atom. The zero-order valence-electron chi connectivity index (χ0n) is 13.0. The fourth-order valence-electron chi connectivity index (χ4n) is 2.05. The lowest BCUT2D eigenvalue weighted by Gasteiger charge is -2.11. The highest BCUT2D eigenvalue weighted by Gasteiger charge is 2.18. The van der Waals surface area contributed by atoms with E-state index in [0.717, 1.165) is 27.4 Å². The lowest BCUT2D eigenvalue weighted by molar-refractivity contribution is -0.115. The highest BCUT2D eigenvalue weighted by atomic mass is 32.2. The minimum atomic E-state index is -0.338. The molecule has 0 aliphatic carbocycles. The van der Waals surface area contributed by atoms with Gasteiger partial charge < -0.3 is 4.52 Å². The van der Waals surface area contributed by atoms with Crippen molar-refractivity contribution < 1.29 is 9.32 Å². The van der Waals surface area contributed by atoms with E-state index in [4.69, 9.17) is 4.52 Å². The van der Waals surface area contributed by atoms with Crippen LogP contribution in [0.2, 0.25) is 0 Å². The van der Waals surface area contributed by atoms with Crippen molar-refractivity contribution in [2.75, 3.05) is 5.32 Å². The topological polar surface area (TPSA) is 80.9 Å². The normalized spacial score (nSPS) is 12.3. The number of aromatic nitrogens is 3. The van der Waals surface area contributed by atoms with E-state index >= 15 is 0 Å². The van der Waals surface area contributed by atoms with Crippen molar-refractivity contribution >= 4 is 34.6 Å². The summed E-state index contributed by atoms with van der Waals surface area (Å²) in [6, 6.07) is 9.36. The Kier molecular flexibility index (Phi) is 4.29. The van der Waals surface area contributed by atoms with Crippen LogP contribution >= 0.6 is 11.8 Å². The molecular formula is C16H16N4O2S. The zero-order chi connectivity index (χ0) is 16.4. The molecule has 0 unspecified atom stereocenters. The standard InChI is InChI=1S/C16H16N4O2S/c1-9-8-14(22-20-9)19-15(21)11(3)23-16-10(2)17-12-6-4-5-7-13(12)18-16/h4-8,11H,1-3H3,(H,19,21)/t11-/m0/s1. The van der Waals surface area contributed by atoms with Crippen molar-refractivity contribution in [1.29, 1.82) is 0 Å². The fraction of sp³-hybridized carbons (Fsp3) is 0.250. The van der Waals surface area contributed by atoms with Crippen molar-refractivity contribution in [2.45, 2.75) is 31.0 Å². The van der Waals surface area contributed by atoms with E-state index in [1.807, 2.05) is 38.1 Å². The maximum absolute atomic E-state index is 12.2. The van der Waals surface area contributed by atoms with Gasteiger partial charge in [-0.2, -0.15) is 0 Å². The largest absolute Gasteiger partial charge is 0.338 e.